The first-order chi connectivity index (χ1) is 8.13. The van der Waals surface area contributed by atoms with Crippen molar-refractivity contribution in [1.29, 1.82) is 5.26 Å². The van der Waals surface area contributed by atoms with Crippen molar-refractivity contribution >= 4 is 15.9 Å². The van der Waals surface area contributed by atoms with Crippen LogP contribution in [0.1, 0.15) is 5.56 Å². The minimum Gasteiger partial charge on any atom is -0.378 e. The second-order valence-electron chi connectivity index (χ2n) is 4.69. The van der Waals surface area contributed by atoms with E-state index in [4.69, 9.17) is 10.00 Å². The van der Waals surface area contributed by atoms with Gasteiger partial charge in [-0.25, -0.2) is 0 Å². The molecule has 0 bridgehead atoms. The van der Waals surface area contributed by atoms with Gasteiger partial charge >= 0.3 is 0 Å². The van der Waals surface area contributed by atoms with Crippen LogP contribution in [0.2, 0.25) is 0 Å². The number of nitrogens with zero attached hydrogens (tertiary/aromatic N) is 2. The molecule has 90 valence electrons. The van der Waals surface area contributed by atoms with Crippen LogP contribution in [-0.2, 0) is 11.3 Å². The van der Waals surface area contributed by atoms with Gasteiger partial charge in [0, 0.05) is 17.6 Å². The normalized spacial score (nSPS) is 17.5. The van der Waals surface area contributed by atoms with Gasteiger partial charge in [-0.15, -0.1) is 0 Å². The van der Waals surface area contributed by atoms with Gasteiger partial charge in [0.1, 0.15) is 5.41 Å². The average molecular weight is 295 g/mol. The molecule has 0 atom stereocenters. The molecule has 0 aromatic heterocycles. The fourth-order valence-corrected chi connectivity index (χ4v) is 2.51. The summed E-state index contributed by atoms with van der Waals surface area (Å²) in [5.41, 5.74) is 0.955. The van der Waals surface area contributed by atoms with E-state index in [0.29, 0.717) is 13.2 Å². The van der Waals surface area contributed by atoms with Gasteiger partial charge in [0.05, 0.1) is 19.3 Å². The van der Waals surface area contributed by atoms with E-state index in [0.717, 1.165) is 17.6 Å². The van der Waals surface area contributed by atoms with Crippen LogP contribution in [0.3, 0.4) is 0 Å². The minimum atomic E-state index is -0.291. The highest BCUT2D eigenvalue weighted by molar-refractivity contribution is 9.10. The van der Waals surface area contributed by atoms with Gasteiger partial charge in [0.15, 0.2) is 0 Å². The van der Waals surface area contributed by atoms with Crippen molar-refractivity contribution in [2.24, 2.45) is 5.41 Å². The van der Waals surface area contributed by atoms with E-state index in [-0.39, 0.29) is 5.41 Å². The Morgan fingerprint density at radius 2 is 2.29 bits per heavy atom. The largest absolute Gasteiger partial charge is 0.378 e. The molecule has 17 heavy (non-hydrogen) atoms. The molecule has 0 amide bonds. The third kappa shape index (κ3) is 3.06. The van der Waals surface area contributed by atoms with Crippen LogP contribution in [0.15, 0.2) is 28.7 Å². The van der Waals surface area contributed by atoms with Crippen molar-refractivity contribution in [1.82, 2.24) is 4.90 Å². The quantitative estimate of drug-likeness (QED) is 0.856. The number of rotatable bonds is 4. The molecule has 0 aliphatic carbocycles. The molecule has 1 saturated heterocycles. The van der Waals surface area contributed by atoms with E-state index in [1.807, 2.05) is 19.2 Å². The summed E-state index contributed by atoms with van der Waals surface area (Å²) in [5.74, 6) is 0. The number of hydrogen-bond donors (Lipinski definition) is 0. The number of ether oxygens (including phenoxy) is 1. The van der Waals surface area contributed by atoms with Crippen LogP contribution >= 0.6 is 15.9 Å². The molecule has 0 radical (unpaired) electrons. The SMILES string of the molecule is CN(Cc1cccc(Br)c1)CC1(C#N)COC1. The molecule has 1 aromatic rings. The Labute approximate surface area is 110 Å². The lowest BCUT2D eigenvalue weighted by atomic mass is 9.87. The zero-order valence-electron chi connectivity index (χ0n) is 9.82. The Kier molecular flexibility index (Phi) is 3.82. The summed E-state index contributed by atoms with van der Waals surface area (Å²) in [7, 11) is 2.04. The van der Waals surface area contributed by atoms with E-state index in [1.54, 1.807) is 0 Å². The number of benzene rings is 1. The molecule has 3 nitrogen and oxygen atoms in total. The van der Waals surface area contributed by atoms with Crippen LogP contribution in [0.5, 0.6) is 0 Å². The summed E-state index contributed by atoms with van der Waals surface area (Å²) in [6.07, 6.45) is 0. The lowest BCUT2D eigenvalue weighted by molar-refractivity contribution is -0.0895. The van der Waals surface area contributed by atoms with Crippen molar-refractivity contribution in [2.45, 2.75) is 6.54 Å². The summed E-state index contributed by atoms with van der Waals surface area (Å²) < 4.78 is 6.23. The lowest BCUT2D eigenvalue weighted by Crippen LogP contribution is -2.48. The van der Waals surface area contributed by atoms with Gasteiger partial charge in [0.2, 0.25) is 0 Å². The van der Waals surface area contributed by atoms with Crippen molar-refractivity contribution in [3.05, 3.63) is 34.3 Å². The van der Waals surface area contributed by atoms with Gasteiger partial charge in [-0.2, -0.15) is 5.26 Å². The zero-order chi connectivity index (χ0) is 12.3. The molecule has 2 rings (SSSR count). The first-order valence-electron chi connectivity index (χ1n) is 5.56. The van der Waals surface area contributed by atoms with Crippen LogP contribution in [0.4, 0.5) is 0 Å². The number of halogens is 1. The molecular weight excluding hydrogens is 280 g/mol. The zero-order valence-corrected chi connectivity index (χ0v) is 11.4. The van der Waals surface area contributed by atoms with Gasteiger partial charge in [-0.3, -0.25) is 0 Å². The van der Waals surface area contributed by atoms with E-state index in [1.165, 1.54) is 5.56 Å². The summed E-state index contributed by atoms with van der Waals surface area (Å²) in [5, 5.41) is 9.13. The topological polar surface area (TPSA) is 36.3 Å². The van der Waals surface area contributed by atoms with Crippen LogP contribution in [0.25, 0.3) is 0 Å². The highest BCUT2D eigenvalue weighted by atomic mass is 79.9. The second kappa shape index (κ2) is 5.18. The Hall–Kier alpha value is -0.890. The second-order valence-corrected chi connectivity index (χ2v) is 5.60. The van der Waals surface area contributed by atoms with Gasteiger partial charge in [-0.1, -0.05) is 28.1 Å². The fourth-order valence-electron chi connectivity index (χ4n) is 2.06. The average Bonchev–Trinajstić information content (AvgIpc) is 2.23. The van der Waals surface area contributed by atoms with E-state index in [9.17, 15) is 0 Å². The molecule has 1 aliphatic rings. The smallest absolute Gasteiger partial charge is 0.116 e. The van der Waals surface area contributed by atoms with Crippen molar-refractivity contribution in [2.75, 3.05) is 26.8 Å². The van der Waals surface area contributed by atoms with Crippen molar-refractivity contribution in [3.63, 3.8) is 0 Å². The monoisotopic (exact) mass is 294 g/mol. The maximum Gasteiger partial charge on any atom is 0.116 e. The number of nitriles is 1. The Balaban J connectivity index is 1.93. The van der Waals surface area contributed by atoms with Crippen LogP contribution in [-0.4, -0.2) is 31.7 Å². The molecule has 1 aromatic carbocycles. The maximum atomic E-state index is 9.13. The molecule has 0 unspecified atom stereocenters. The van der Waals surface area contributed by atoms with Crippen LogP contribution in [0, 0.1) is 16.7 Å². The molecule has 0 N–H and O–H groups in total. The molecule has 1 aliphatic heterocycles. The minimum absolute atomic E-state index is 0.291. The van der Waals surface area contributed by atoms with E-state index >= 15 is 0 Å². The number of hydrogen-bond acceptors (Lipinski definition) is 3. The third-order valence-corrected chi connectivity index (χ3v) is 3.40. The summed E-state index contributed by atoms with van der Waals surface area (Å²) in [6.45, 7) is 2.73. The predicted molar refractivity (Wildman–Crippen MR) is 69.3 cm³/mol. The highest BCUT2D eigenvalue weighted by Gasteiger charge is 2.39. The first-order valence-corrected chi connectivity index (χ1v) is 6.35. The van der Waals surface area contributed by atoms with E-state index in [2.05, 4.69) is 39.0 Å². The van der Waals surface area contributed by atoms with Crippen molar-refractivity contribution < 1.29 is 4.74 Å². The van der Waals surface area contributed by atoms with Crippen molar-refractivity contribution in [3.8, 4) is 6.07 Å². The van der Waals surface area contributed by atoms with Gasteiger partial charge < -0.3 is 9.64 Å². The first kappa shape index (κ1) is 12.6. The Morgan fingerprint density at radius 1 is 1.53 bits per heavy atom. The molecule has 1 fully saturated rings. The molecule has 0 saturated carbocycles. The predicted octanol–water partition coefficient (Wildman–Crippen LogP) is 2.42. The molecule has 4 heteroatoms. The summed E-state index contributed by atoms with van der Waals surface area (Å²) in [6, 6.07) is 10.6. The molecule has 1 heterocycles. The standard InChI is InChI=1S/C13H15BrN2O/c1-16(8-13(7-15)9-17-10-13)6-11-3-2-4-12(14)5-11/h2-5H,6,8-10H2,1H3. The third-order valence-electron chi connectivity index (χ3n) is 2.91. The van der Waals surface area contributed by atoms with E-state index < -0.39 is 0 Å². The van der Waals surface area contributed by atoms with Gasteiger partial charge in [-0.05, 0) is 24.7 Å². The summed E-state index contributed by atoms with van der Waals surface area (Å²) in [4.78, 5) is 2.17. The molecular formula is C13H15BrN2O. The fraction of sp³-hybridized carbons (Fsp3) is 0.462. The maximum absolute atomic E-state index is 9.13. The Bertz CT molecular complexity index is 437. The lowest BCUT2D eigenvalue weighted by Gasteiger charge is -2.38. The van der Waals surface area contributed by atoms with Crippen LogP contribution < -0.4 is 0 Å². The molecule has 0 spiro atoms. The Morgan fingerprint density at radius 3 is 2.82 bits per heavy atom. The highest BCUT2D eigenvalue weighted by Crippen LogP contribution is 2.27. The van der Waals surface area contributed by atoms with Gasteiger partial charge in [0.25, 0.3) is 0 Å². The summed E-state index contributed by atoms with van der Waals surface area (Å²) >= 11 is 3.46.